The normalized spacial score (nSPS) is 33.2. The molecule has 2 fully saturated rings. The van der Waals surface area contributed by atoms with Crippen LogP contribution in [0.3, 0.4) is 0 Å². The summed E-state index contributed by atoms with van der Waals surface area (Å²) in [5, 5.41) is 0. The van der Waals surface area contributed by atoms with Crippen LogP contribution < -0.4 is 5.73 Å². The average Bonchev–Trinajstić information content (AvgIpc) is 2.76. The second kappa shape index (κ2) is 6.02. The molecule has 0 unspecified atom stereocenters. The molecule has 1 aliphatic heterocycles. The zero-order valence-electron chi connectivity index (χ0n) is 9.20. The van der Waals surface area contributed by atoms with Crippen LogP contribution in [0, 0.1) is 5.92 Å². The Morgan fingerprint density at radius 2 is 1.93 bits per heavy atom. The Morgan fingerprint density at radius 1 is 1.27 bits per heavy atom. The van der Waals surface area contributed by atoms with Gasteiger partial charge >= 0.3 is 0 Å². The van der Waals surface area contributed by atoms with Crippen molar-refractivity contribution in [1.82, 2.24) is 4.90 Å². The van der Waals surface area contributed by atoms with E-state index in [0.717, 1.165) is 12.5 Å². The molecule has 2 N–H and O–H groups in total. The second-order valence-corrected chi connectivity index (χ2v) is 4.83. The van der Waals surface area contributed by atoms with E-state index < -0.39 is 6.17 Å². The molecule has 0 aromatic heterocycles. The van der Waals surface area contributed by atoms with E-state index in [9.17, 15) is 4.39 Å². The standard InChI is InChI=1S/C11H21FN2.ClH/c12-10-5-11(6-13)14(8-10)7-9-3-1-2-4-9;/h9-11H,1-8,13H2;1H/t10-,11+;/m1./s1. The van der Waals surface area contributed by atoms with Crippen molar-refractivity contribution in [2.24, 2.45) is 11.7 Å². The maximum Gasteiger partial charge on any atom is 0.114 e. The summed E-state index contributed by atoms with van der Waals surface area (Å²) in [5.74, 6) is 0.814. The van der Waals surface area contributed by atoms with Crippen molar-refractivity contribution in [3.8, 4) is 0 Å². The third-order valence-electron chi connectivity index (χ3n) is 3.72. The number of hydrogen-bond acceptors (Lipinski definition) is 2. The quantitative estimate of drug-likeness (QED) is 0.812. The van der Waals surface area contributed by atoms with E-state index in [-0.39, 0.29) is 12.4 Å². The van der Waals surface area contributed by atoms with E-state index in [1.54, 1.807) is 0 Å². The lowest BCUT2D eigenvalue weighted by atomic mass is 10.1. The molecular formula is C11H22ClFN2. The van der Waals surface area contributed by atoms with Crippen LogP contribution in [-0.4, -0.2) is 36.7 Å². The highest BCUT2D eigenvalue weighted by molar-refractivity contribution is 5.85. The van der Waals surface area contributed by atoms with Gasteiger partial charge in [0.15, 0.2) is 0 Å². The molecule has 2 aliphatic rings. The largest absolute Gasteiger partial charge is 0.329 e. The summed E-state index contributed by atoms with van der Waals surface area (Å²) in [6.07, 6.45) is 5.43. The van der Waals surface area contributed by atoms with Gasteiger partial charge in [0.25, 0.3) is 0 Å². The molecule has 0 aromatic rings. The van der Waals surface area contributed by atoms with Crippen molar-refractivity contribution in [2.45, 2.75) is 44.3 Å². The van der Waals surface area contributed by atoms with Crippen LogP contribution in [0.25, 0.3) is 0 Å². The molecule has 1 saturated heterocycles. The minimum Gasteiger partial charge on any atom is -0.329 e. The van der Waals surface area contributed by atoms with Crippen LogP contribution in [0.15, 0.2) is 0 Å². The summed E-state index contributed by atoms with van der Waals surface area (Å²) in [7, 11) is 0. The van der Waals surface area contributed by atoms with Gasteiger partial charge in [-0.1, -0.05) is 12.8 Å². The van der Waals surface area contributed by atoms with E-state index in [2.05, 4.69) is 4.90 Å². The zero-order chi connectivity index (χ0) is 9.97. The molecule has 15 heavy (non-hydrogen) atoms. The van der Waals surface area contributed by atoms with E-state index >= 15 is 0 Å². The fraction of sp³-hybridized carbons (Fsp3) is 1.00. The monoisotopic (exact) mass is 236 g/mol. The Kier molecular flexibility index (Phi) is 5.30. The Bertz CT molecular complexity index is 185. The summed E-state index contributed by atoms with van der Waals surface area (Å²) in [6, 6.07) is 0.311. The molecule has 1 saturated carbocycles. The van der Waals surface area contributed by atoms with Crippen molar-refractivity contribution in [3.05, 3.63) is 0 Å². The highest BCUT2D eigenvalue weighted by atomic mass is 35.5. The second-order valence-electron chi connectivity index (χ2n) is 4.83. The first-order chi connectivity index (χ1) is 6.79. The number of likely N-dealkylation sites (tertiary alicyclic amines) is 1. The van der Waals surface area contributed by atoms with E-state index in [0.29, 0.717) is 25.6 Å². The average molecular weight is 237 g/mol. The summed E-state index contributed by atoms with van der Waals surface area (Å²) in [6.45, 7) is 2.33. The topological polar surface area (TPSA) is 29.3 Å². The fourth-order valence-electron chi connectivity index (χ4n) is 2.92. The van der Waals surface area contributed by atoms with Gasteiger partial charge in [-0.15, -0.1) is 12.4 Å². The van der Waals surface area contributed by atoms with Gasteiger partial charge in [0.2, 0.25) is 0 Å². The predicted octanol–water partition coefficient (Wildman–Crippen LogP) is 1.97. The molecule has 0 bridgehead atoms. The molecule has 90 valence electrons. The van der Waals surface area contributed by atoms with Gasteiger partial charge in [-0.2, -0.15) is 0 Å². The van der Waals surface area contributed by atoms with Gasteiger partial charge < -0.3 is 5.73 Å². The van der Waals surface area contributed by atoms with Crippen molar-refractivity contribution in [1.29, 1.82) is 0 Å². The van der Waals surface area contributed by atoms with Gasteiger partial charge in [0.05, 0.1) is 0 Å². The molecule has 1 aliphatic carbocycles. The predicted molar refractivity (Wildman–Crippen MR) is 63.1 cm³/mol. The molecular weight excluding hydrogens is 215 g/mol. The van der Waals surface area contributed by atoms with Gasteiger partial charge in [0.1, 0.15) is 6.17 Å². The molecule has 2 nitrogen and oxygen atoms in total. The number of alkyl halides is 1. The lowest BCUT2D eigenvalue weighted by molar-refractivity contribution is 0.210. The molecule has 0 amide bonds. The maximum absolute atomic E-state index is 13.2. The van der Waals surface area contributed by atoms with Gasteiger partial charge in [-0.05, 0) is 25.2 Å². The molecule has 2 atom stereocenters. The van der Waals surface area contributed by atoms with Crippen LogP contribution >= 0.6 is 12.4 Å². The first-order valence-electron chi connectivity index (χ1n) is 5.87. The van der Waals surface area contributed by atoms with Gasteiger partial charge in [-0.3, -0.25) is 4.90 Å². The Labute approximate surface area is 97.8 Å². The fourth-order valence-corrected chi connectivity index (χ4v) is 2.92. The van der Waals surface area contributed by atoms with Crippen molar-refractivity contribution in [3.63, 3.8) is 0 Å². The summed E-state index contributed by atoms with van der Waals surface area (Å²) in [4.78, 5) is 2.28. The molecule has 0 radical (unpaired) electrons. The maximum atomic E-state index is 13.2. The Hall–Kier alpha value is 0.140. The molecule has 1 heterocycles. The third-order valence-corrected chi connectivity index (χ3v) is 3.72. The number of halogens is 2. The lowest BCUT2D eigenvalue weighted by Gasteiger charge is -2.25. The minimum absolute atomic E-state index is 0. The van der Waals surface area contributed by atoms with Crippen molar-refractivity contribution >= 4 is 12.4 Å². The number of nitrogens with two attached hydrogens (primary N) is 1. The first kappa shape index (κ1) is 13.2. The highest BCUT2D eigenvalue weighted by Gasteiger charge is 2.32. The van der Waals surface area contributed by atoms with Crippen molar-refractivity contribution in [2.75, 3.05) is 19.6 Å². The van der Waals surface area contributed by atoms with Crippen LogP contribution in [0.1, 0.15) is 32.1 Å². The number of rotatable bonds is 3. The first-order valence-corrected chi connectivity index (χ1v) is 5.87. The zero-order valence-corrected chi connectivity index (χ0v) is 10.0. The molecule has 0 spiro atoms. The summed E-state index contributed by atoms with van der Waals surface area (Å²) >= 11 is 0. The molecule has 2 rings (SSSR count). The Morgan fingerprint density at radius 3 is 2.53 bits per heavy atom. The Balaban J connectivity index is 0.00000112. The number of hydrogen-bond donors (Lipinski definition) is 1. The SMILES string of the molecule is Cl.NC[C@@H]1C[C@@H](F)CN1CC1CCCC1. The van der Waals surface area contributed by atoms with Crippen LogP contribution in [0.4, 0.5) is 4.39 Å². The highest BCUT2D eigenvalue weighted by Crippen LogP contribution is 2.28. The smallest absolute Gasteiger partial charge is 0.114 e. The summed E-state index contributed by atoms with van der Waals surface area (Å²) in [5.41, 5.74) is 5.65. The van der Waals surface area contributed by atoms with Crippen LogP contribution in [-0.2, 0) is 0 Å². The van der Waals surface area contributed by atoms with Gasteiger partial charge in [-0.25, -0.2) is 4.39 Å². The van der Waals surface area contributed by atoms with Crippen LogP contribution in [0.2, 0.25) is 0 Å². The minimum atomic E-state index is -0.634. The summed E-state index contributed by atoms with van der Waals surface area (Å²) < 4.78 is 13.2. The van der Waals surface area contributed by atoms with Crippen molar-refractivity contribution < 1.29 is 4.39 Å². The van der Waals surface area contributed by atoms with E-state index in [1.165, 1.54) is 25.7 Å². The van der Waals surface area contributed by atoms with E-state index in [1.807, 2.05) is 0 Å². The van der Waals surface area contributed by atoms with Gasteiger partial charge in [0, 0.05) is 25.7 Å². The van der Waals surface area contributed by atoms with E-state index in [4.69, 9.17) is 5.73 Å². The molecule has 0 aromatic carbocycles. The van der Waals surface area contributed by atoms with Crippen LogP contribution in [0.5, 0.6) is 0 Å². The number of nitrogens with zero attached hydrogens (tertiary/aromatic N) is 1. The lowest BCUT2D eigenvalue weighted by Crippen LogP contribution is -2.38. The third kappa shape index (κ3) is 3.30. The molecule has 4 heteroatoms.